The number of benzene rings is 1. The Morgan fingerprint density at radius 1 is 1.35 bits per heavy atom. The maximum absolute atomic E-state index is 12.9. The summed E-state index contributed by atoms with van der Waals surface area (Å²) in [6, 6.07) is 10.0. The van der Waals surface area contributed by atoms with Crippen molar-refractivity contribution >= 4 is 5.96 Å². The fourth-order valence-corrected chi connectivity index (χ4v) is 2.16. The summed E-state index contributed by atoms with van der Waals surface area (Å²) in [6.07, 6.45) is 4.01. The van der Waals surface area contributed by atoms with Crippen LogP contribution in [0.4, 0.5) is 4.39 Å². The topological polar surface area (TPSA) is 63.7 Å². The number of nitrogens with two attached hydrogens (primary N) is 1. The maximum atomic E-state index is 12.9. The van der Waals surface area contributed by atoms with Crippen LogP contribution >= 0.6 is 0 Å². The molecule has 0 aliphatic heterocycles. The van der Waals surface area contributed by atoms with Crippen LogP contribution < -0.4 is 10.5 Å². The zero-order chi connectivity index (χ0) is 16.2. The molecule has 0 unspecified atom stereocenters. The van der Waals surface area contributed by atoms with E-state index in [1.54, 1.807) is 24.4 Å². The number of pyridine rings is 1. The molecular formula is C17H19FN4O. The van der Waals surface area contributed by atoms with Gasteiger partial charge in [-0.05, 0) is 48.7 Å². The predicted octanol–water partition coefficient (Wildman–Crippen LogP) is 2.92. The Kier molecular flexibility index (Phi) is 4.41. The molecule has 23 heavy (non-hydrogen) atoms. The molecule has 5 nitrogen and oxygen atoms in total. The van der Waals surface area contributed by atoms with Gasteiger partial charge in [0.1, 0.15) is 11.6 Å². The normalized spacial score (nSPS) is 14.6. The minimum atomic E-state index is -0.302. The number of ether oxygens (including phenoxy) is 1. The molecule has 6 heteroatoms. The molecule has 0 spiro atoms. The molecule has 2 aromatic rings. The van der Waals surface area contributed by atoms with Crippen LogP contribution in [0.1, 0.15) is 18.4 Å². The number of hydrogen-bond acceptors (Lipinski definition) is 3. The van der Waals surface area contributed by atoms with E-state index in [-0.39, 0.29) is 5.82 Å². The van der Waals surface area contributed by atoms with Gasteiger partial charge >= 0.3 is 0 Å². The number of hydrogen-bond donors (Lipinski definition) is 1. The second-order valence-electron chi connectivity index (χ2n) is 5.57. The largest absolute Gasteiger partial charge is 0.439 e. The number of aliphatic imine (C=N–C) groups is 1. The molecule has 1 aromatic carbocycles. The van der Waals surface area contributed by atoms with Gasteiger partial charge in [-0.15, -0.1) is 0 Å². The SMILES string of the molecule is CN(C(N)=NCc1ccnc(Oc2ccc(F)cc2)c1)C1CC1. The maximum Gasteiger partial charge on any atom is 0.219 e. The van der Waals surface area contributed by atoms with E-state index in [2.05, 4.69) is 9.98 Å². The summed E-state index contributed by atoms with van der Waals surface area (Å²) < 4.78 is 18.5. The van der Waals surface area contributed by atoms with Gasteiger partial charge in [0, 0.05) is 25.4 Å². The lowest BCUT2D eigenvalue weighted by molar-refractivity contribution is 0.460. The highest BCUT2D eigenvalue weighted by Crippen LogP contribution is 2.25. The van der Waals surface area contributed by atoms with Crippen molar-refractivity contribution in [1.29, 1.82) is 0 Å². The zero-order valence-electron chi connectivity index (χ0n) is 12.9. The van der Waals surface area contributed by atoms with Crippen molar-refractivity contribution in [3.05, 3.63) is 54.0 Å². The molecule has 0 bridgehead atoms. The fourth-order valence-electron chi connectivity index (χ4n) is 2.16. The van der Waals surface area contributed by atoms with E-state index in [9.17, 15) is 4.39 Å². The minimum Gasteiger partial charge on any atom is -0.439 e. The lowest BCUT2D eigenvalue weighted by Gasteiger charge is -2.16. The molecule has 1 aliphatic carbocycles. The molecule has 1 heterocycles. The van der Waals surface area contributed by atoms with Gasteiger partial charge in [0.05, 0.1) is 6.54 Å². The Hall–Kier alpha value is -2.63. The van der Waals surface area contributed by atoms with Crippen LogP contribution in [-0.2, 0) is 6.54 Å². The Balaban J connectivity index is 1.64. The molecule has 1 fully saturated rings. The van der Waals surface area contributed by atoms with Crippen molar-refractivity contribution in [2.75, 3.05) is 7.05 Å². The first kappa shape index (κ1) is 15.3. The average Bonchev–Trinajstić information content (AvgIpc) is 3.39. The van der Waals surface area contributed by atoms with Crippen LogP contribution in [0.3, 0.4) is 0 Å². The first-order valence-electron chi connectivity index (χ1n) is 7.53. The van der Waals surface area contributed by atoms with E-state index in [0.29, 0.717) is 30.2 Å². The van der Waals surface area contributed by atoms with Gasteiger partial charge in [-0.2, -0.15) is 0 Å². The van der Waals surface area contributed by atoms with Crippen molar-refractivity contribution < 1.29 is 9.13 Å². The molecular weight excluding hydrogens is 295 g/mol. The predicted molar refractivity (Wildman–Crippen MR) is 86.8 cm³/mol. The van der Waals surface area contributed by atoms with E-state index in [1.165, 1.54) is 25.0 Å². The summed E-state index contributed by atoms with van der Waals surface area (Å²) in [5.41, 5.74) is 6.92. The third-order valence-corrected chi connectivity index (χ3v) is 3.71. The van der Waals surface area contributed by atoms with Crippen LogP contribution in [0.15, 0.2) is 47.6 Å². The second kappa shape index (κ2) is 6.64. The zero-order valence-corrected chi connectivity index (χ0v) is 12.9. The van der Waals surface area contributed by atoms with E-state index >= 15 is 0 Å². The van der Waals surface area contributed by atoms with Gasteiger partial charge in [0.2, 0.25) is 5.88 Å². The number of nitrogens with zero attached hydrogens (tertiary/aromatic N) is 3. The summed E-state index contributed by atoms with van der Waals surface area (Å²) in [5, 5.41) is 0. The van der Waals surface area contributed by atoms with Crippen molar-refractivity contribution in [3.63, 3.8) is 0 Å². The highest BCUT2D eigenvalue weighted by Gasteiger charge is 2.27. The third kappa shape index (κ3) is 4.18. The van der Waals surface area contributed by atoms with Gasteiger partial charge in [0.15, 0.2) is 5.96 Å². The molecule has 3 rings (SSSR count). The Morgan fingerprint density at radius 3 is 2.78 bits per heavy atom. The molecule has 2 N–H and O–H groups in total. The van der Waals surface area contributed by atoms with Crippen LogP contribution in [0.5, 0.6) is 11.6 Å². The fraction of sp³-hybridized carbons (Fsp3) is 0.294. The summed E-state index contributed by atoms with van der Waals surface area (Å²) in [5.74, 6) is 1.22. The van der Waals surface area contributed by atoms with Crippen molar-refractivity contribution in [3.8, 4) is 11.6 Å². The lowest BCUT2D eigenvalue weighted by Crippen LogP contribution is -2.35. The van der Waals surface area contributed by atoms with Crippen molar-refractivity contribution in [1.82, 2.24) is 9.88 Å². The molecule has 0 saturated heterocycles. The summed E-state index contributed by atoms with van der Waals surface area (Å²) in [7, 11) is 1.96. The van der Waals surface area contributed by atoms with Crippen molar-refractivity contribution in [2.45, 2.75) is 25.4 Å². The van der Waals surface area contributed by atoms with Crippen LogP contribution in [0, 0.1) is 5.82 Å². The van der Waals surface area contributed by atoms with E-state index in [1.807, 2.05) is 18.0 Å². The first-order valence-corrected chi connectivity index (χ1v) is 7.53. The molecule has 1 aromatic heterocycles. The van der Waals surface area contributed by atoms with Crippen molar-refractivity contribution in [2.24, 2.45) is 10.7 Å². The van der Waals surface area contributed by atoms with E-state index in [0.717, 1.165) is 5.56 Å². The number of aromatic nitrogens is 1. The molecule has 0 radical (unpaired) electrons. The number of halogens is 1. The highest BCUT2D eigenvalue weighted by atomic mass is 19.1. The Morgan fingerprint density at radius 2 is 2.09 bits per heavy atom. The second-order valence-corrected chi connectivity index (χ2v) is 5.57. The van der Waals surface area contributed by atoms with Crippen LogP contribution in [0.2, 0.25) is 0 Å². The molecule has 0 amide bonds. The first-order chi connectivity index (χ1) is 11.1. The van der Waals surface area contributed by atoms with Crippen LogP contribution in [0.25, 0.3) is 0 Å². The molecule has 0 atom stereocenters. The van der Waals surface area contributed by atoms with Gasteiger partial charge in [-0.25, -0.2) is 14.4 Å². The van der Waals surface area contributed by atoms with Gasteiger partial charge in [-0.1, -0.05) is 0 Å². The quantitative estimate of drug-likeness (QED) is 0.681. The Bertz CT molecular complexity index is 698. The average molecular weight is 314 g/mol. The van der Waals surface area contributed by atoms with E-state index < -0.39 is 0 Å². The third-order valence-electron chi connectivity index (χ3n) is 3.71. The van der Waals surface area contributed by atoms with Crippen LogP contribution in [-0.4, -0.2) is 28.9 Å². The Labute approximate surface area is 134 Å². The molecule has 1 aliphatic rings. The molecule has 1 saturated carbocycles. The smallest absolute Gasteiger partial charge is 0.219 e. The summed E-state index contributed by atoms with van der Waals surface area (Å²) >= 11 is 0. The number of rotatable bonds is 5. The number of guanidine groups is 1. The minimum absolute atomic E-state index is 0.302. The summed E-state index contributed by atoms with van der Waals surface area (Å²) in [4.78, 5) is 10.6. The standard InChI is InChI=1S/C17H19FN4O/c1-22(14-4-5-14)17(19)21-11-12-8-9-20-16(10-12)23-15-6-2-13(18)3-7-15/h2-3,6-10,14H,4-5,11H2,1H3,(H2,19,21). The van der Waals surface area contributed by atoms with Gasteiger partial charge in [-0.3, -0.25) is 0 Å². The van der Waals surface area contributed by atoms with E-state index in [4.69, 9.17) is 10.5 Å². The van der Waals surface area contributed by atoms with Gasteiger partial charge < -0.3 is 15.4 Å². The molecule has 120 valence electrons. The monoisotopic (exact) mass is 314 g/mol. The lowest BCUT2D eigenvalue weighted by atomic mass is 10.2. The summed E-state index contributed by atoms with van der Waals surface area (Å²) in [6.45, 7) is 0.463. The van der Waals surface area contributed by atoms with Gasteiger partial charge in [0.25, 0.3) is 0 Å². The highest BCUT2D eigenvalue weighted by molar-refractivity contribution is 5.78.